The molecule has 174 valence electrons. The summed E-state index contributed by atoms with van der Waals surface area (Å²) in [7, 11) is 0. The monoisotopic (exact) mass is 458 g/mol. The molecule has 0 atom stereocenters. The lowest BCUT2D eigenvalue weighted by Crippen LogP contribution is -2.32. The fourth-order valence-electron chi connectivity index (χ4n) is 3.86. The summed E-state index contributed by atoms with van der Waals surface area (Å²) in [4.78, 5) is 48.0. The third-order valence-electron chi connectivity index (χ3n) is 5.43. The summed E-state index contributed by atoms with van der Waals surface area (Å²) in [5.41, 5.74) is 1.80. The van der Waals surface area contributed by atoms with Gasteiger partial charge in [-0.3, -0.25) is 14.0 Å². The van der Waals surface area contributed by atoms with Crippen LogP contribution in [0.15, 0.2) is 70.6 Å². The molecule has 4 rings (SSSR count). The number of nitrogens with zero attached hydrogens (tertiary/aromatic N) is 4. The van der Waals surface area contributed by atoms with Crippen molar-refractivity contribution < 1.29 is 14.3 Å². The Morgan fingerprint density at radius 1 is 1.06 bits per heavy atom. The Bertz CT molecular complexity index is 1490. The number of ether oxygens (including phenoxy) is 1. The summed E-state index contributed by atoms with van der Waals surface area (Å²) in [5, 5.41) is 0.260. The Balaban J connectivity index is 1.94. The van der Waals surface area contributed by atoms with Gasteiger partial charge in [-0.2, -0.15) is 4.99 Å². The number of carbonyl (C=O) groups excluding carboxylic acids is 2. The van der Waals surface area contributed by atoms with Crippen LogP contribution in [0.4, 0.5) is 0 Å². The van der Waals surface area contributed by atoms with Gasteiger partial charge in [0.15, 0.2) is 5.49 Å². The number of pyridine rings is 2. The number of carbonyl (C=O) groups is 2. The number of aromatic nitrogens is 3. The molecular weight excluding hydrogens is 432 g/mol. The number of hydrogen-bond acceptors (Lipinski definition) is 5. The second-order valence-corrected chi connectivity index (χ2v) is 7.83. The molecule has 0 N–H and O–H groups in total. The average Bonchev–Trinajstić information content (AvgIpc) is 2.85. The summed E-state index contributed by atoms with van der Waals surface area (Å²) in [5.74, 6) is -1.00. The van der Waals surface area contributed by atoms with Gasteiger partial charge in [0, 0.05) is 19.2 Å². The standard InChI is InChI=1S/C26H26N4O4/c1-3-15-30-23-19(25(32)29-16-9-8-12-21(29)27-23)17-20(26(33)34-4-2)24(30)28-22(31)14-13-18-10-6-5-7-11-18/h5-12,16-17H,3-4,13-15H2,1-2H3. The van der Waals surface area contributed by atoms with Crippen molar-refractivity contribution in [3.63, 3.8) is 0 Å². The van der Waals surface area contributed by atoms with E-state index >= 15 is 0 Å². The lowest BCUT2D eigenvalue weighted by atomic mass is 10.1. The number of benzene rings is 1. The molecule has 0 aliphatic heterocycles. The molecule has 0 fully saturated rings. The summed E-state index contributed by atoms with van der Waals surface area (Å²) in [6, 6.07) is 16.4. The molecule has 34 heavy (non-hydrogen) atoms. The summed E-state index contributed by atoms with van der Waals surface area (Å²) < 4.78 is 8.34. The SMILES string of the molecule is CCCn1c(=NC(=O)CCc2ccccc2)c(C(=O)OCC)cc2c(=O)n3ccccc3nc21. The largest absolute Gasteiger partial charge is 0.462 e. The quantitative estimate of drug-likeness (QED) is 0.313. The fraction of sp³-hybridized carbons (Fsp3) is 0.269. The molecule has 3 aromatic heterocycles. The van der Waals surface area contributed by atoms with Crippen molar-refractivity contribution in [1.82, 2.24) is 14.0 Å². The number of aryl methyl sites for hydroxylation is 2. The van der Waals surface area contributed by atoms with E-state index in [1.807, 2.05) is 37.3 Å². The molecule has 0 aliphatic carbocycles. The second kappa shape index (κ2) is 10.2. The molecule has 0 saturated carbocycles. The molecule has 4 aromatic rings. The number of esters is 1. The Labute approximate surface area is 196 Å². The van der Waals surface area contributed by atoms with Gasteiger partial charge in [-0.25, -0.2) is 9.78 Å². The Morgan fingerprint density at radius 2 is 1.82 bits per heavy atom. The first kappa shape index (κ1) is 23.1. The van der Waals surface area contributed by atoms with Crippen molar-refractivity contribution in [2.75, 3.05) is 6.61 Å². The molecule has 1 amide bonds. The lowest BCUT2D eigenvalue weighted by molar-refractivity contribution is -0.118. The first-order chi connectivity index (χ1) is 16.5. The molecule has 0 unspecified atom stereocenters. The topological polar surface area (TPSA) is 95.0 Å². The highest BCUT2D eigenvalue weighted by Crippen LogP contribution is 2.12. The zero-order valence-electron chi connectivity index (χ0n) is 19.2. The van der Waals surface area contributed by atoms with Crippen LogP contribution < -0.4 is 11.0 Å². The lowest BCUT2D eigenvalue weighted by Gasteiger charge is -2.14. The molecule has 0 radical (unpaired) electrons. The summed E-state index contributed by atoms with van der Waals surface area (Å²) in [6.07, 6.45) is 3.03. The van der Waals surface area contributed by atoms with Crippen LogP contribution in [0.5, 0.6) is 0 Å². The van der Waals surface area contributed by atoms with Crippen LogP contribution in [-0.2, 0) is 22.5 Å². The van der Waals surface area contributed by atoms with E-state index in [1.54, 1.807) is 35.9 Å². The average molecular weight is 459 g/mol. The molecule has 1 aromatic carbocycles. The van der Waals surface area contributed by atoms with Crippen molar-refractivity contribution in [3.8, 4) is 0 Å². The minimum absolute atomic E-state index is 0.0747. The van der Waals surface area contributed by atoms with Gasteiger partial charge in [0.2, 0.25) is 5.91 Å². The maximum absolute atomic E-state index is 13.2. The van der Waals surface area contributed by atoms with Crippen molar-refractivity contribution in [3.05, 3.63) is 87.8 Å². The number of amides is 1. The second-order valence-electron chi connectivity index (χ2n) is 7.83. The van der Waals surface area contributed by atoms with E-state index in [-0.39, 0.29) is 40.9 Å². The molecule has 0 bridgehead atoms. The predicted octanol–water partition coefficient (Wildman–Crippen LogP) is 3.30. The molecule has 0 spiro atoms. The Hall–Kier alpha value is -4.07. The molecule has 0 saturated heterocycles. The van der Waals surface area contributed by atoms with Crippen molar-refractivity contribution in [2.24, 2.45) is 4.99 Å². The van der Waals surface area contributed by atoms with Crippen LogP contribution in [0, 0.1) is 0 Å². The van der Waals surface area contributed by atoms with Gasteiger partial charge < -0.3 is 9.30 Å². The van der Waals surface area contributed by atoms with E-state index in [0.717, 1.165) is 5.56 Å². The van der Waals surface area contributed by atoms with Crippen molar-refractivity contribution in [2.45, 2.75) is 39.7 Å². The van der Waals surface area contributed by atoms with Crippen LogP contribution in [0.3, 0.4) is 0 Å². The first-order valence-corrected chi connectivity index (χ1v) is 11.4. The van der Waals surface area contributed by atoms with Crippen LogP contribution in [0.1, 0.15) is 42.6 Å². The maximum Gasteiger partial charge on any atom is 0.341 e. The van der Waals surface area contributed by atoms with Crippen LogP contribution >= 0.6 is 0 Å². The van der Waals surface area contributed by atoms with Crippen LogP contribution in [0.25, 0.3) is 16.7 Å². The zero-order chi connectivity index (χ0) is 24.1. The van der Waals surface area contributed by atoms with Gasteiger partial charge in [0.05, 0.1) is 12.0 Å². The third-order valence-corrected chi connectivity index (χ3v) is 5.43. The molecular formula is C26H26N4O4. The third kappa shape index (κ3) is 4.66. The highest BCUT2D eigenvalue weighted by atomic mass is 16.5. The normalized spacial score (nSPS) is 11.8. The number of fused-ring (bicyclic) bond motifs is 2. The zero-order valence-corrected chi connectivity index (χ0v) is 19.2. The van der Waals surface area contributed by atoms with Gasteiger partial charge in [-0.1, -0.05) is 43.3 Å². The highest BCUT2D eigenvalue weighted by molar-refractivity contribution is 5.93. The summed E-state index contributed by atoms with van der Waals surface area (Å²) >= 11 is 0. The summed E-state index contributed by atoms with van der Waals surface area (Å²) in [6.45, 7) is 4.24. The Kier molecular flexibility index (Phi) is 6.96. The number of rotatable bonds is 7. The minimum Gasteiger partial charge on any atom is -0.462 e. The Morgan fingerprint density at radius 3 is 2.56 bits per heavy atom. The molecule has 8 nitrogen and oxygen atoms in total. The fourth-order valence-corrected chi connectivity index (χ4v) is 3.86. The molecule has 0 aliphatic rings. The van der Waals surface area contributed by atoms with Gasteiger partial charge in [0.1, 0.15) is 16.9 Å². The van der Waals surface area contributed by atoms with E-state index in [2.05, 4.69) is 9.98 Å². The molecule has 3 heterocycles. The number of hydrogen-bond donors (Lipinski definition) is 0. The van der Waals surface area contributed by atoms with Gasteiger partial charge in [-0.15, -0.1) is 0 Å². The van der Waals surface area contributed by atoms with Gasteiger partial charge in [-0.05, 0) is 43.5 Å². The van der Waals surface area contributed by atoms with E-state index < -0.39 is 5.97 Å². The first-order valence-electron chi connectivity index (χ1n) is 11.4. The van der Waals surface area contributed by atoms with Crippen LogP contribution in [0.2, 0.25) is 0 Å². The van der Waals surface area contributed by atoms with Crippen LogP contribution in [-0.4, -0.2) is 32.4 Å². The van der Waals surface area contributed by atoms with Crippen molar-refractivity contribution >= 4 is 28.6 Å². The van der Waals surface area contributed by atoms with Gasteiger partial charge >= 0.3 is 5.97 Å². The smallest absolute Gasteiger partial charge is 0.341 e. The predicted molar refractivity (Wildman–Crippen MR) is 129 cm³/mol. The highest BCUT2D eigenvalue weighted by Gasteiger charge is 2.19. The van der Waals surface area contributed by atoms with E-state index in [9.17, 15) is 14.4 Å². The molecule has 8 heteroatoms. The minimum atomic E-state index is -0.638. The maximum atomic E-state index is 13.2. The van der Waals surface area contributed by atoms with E-state index in [4.69, 9.17) is 4.74 Å². The van der Waals surface area contributed by atoms with E-state index in [1.165, 1.54) is 10.5 Å². The van der Waals surface area contributed by atoms with E-state index in [0.29, 0.717) is 30.7 Å². The van der Waals surface area contributed by atoms with Gasteiger partial charge in [0.25, 0.3) is 5.56 Å². The van der Waals surface area contributed by atoms with Crippen molar-refractivity contribution in [1.29, 1.82) is 0 Å².